The third-order valence-corrected chi connectivity index (χ3v) is 2.57. The lowest BCUT2D eigenvalue weighted by Gasteiger charge is -1.88. The number of halogens is 3. The molecule has 0 aromatic heterocycles. The van der Waals surface area contributed by atoms with Gasteiger partial charge >= 0.3 is 0 Å². The van der Waals surface area contributed by atoms with Gasteiger partial charge in [-0.25, -0.2) is 0 Å². The molecular formula is C14H13Cl3O2. The summed E-state index contributed by atoms with van der Waals surface area (Å²) in [6, 6.07) is 16.6. The number of hydrogen-bond donors (Lipinski definition) is 1. The van der Waals surface area contributed by atoms with Gasteiger partial charge in [0.25, 0.3) is 5.97 Å². The largest absolute Gasteiger partial charge is 0.481 e. The van der Waals surface area contributed by atoms with Crippen LogP contribution in [0.2, 0.25) is 15.1 Å². The molecule has 0 aliphatic heterocycles. The molecule has 0 atom stereocenters. The van der Waals surface area contributed by atoms with Crippen molar-refractivity contribution in [1.82, 2.24) is 0 Å². The van der Waals surface area contributed by atoms with Crippen LogP contribution in [0.3, 0.4) is 0 Å². The molecule has 0 fully saturated rings. The molecule has 0 aliphatic rings. The lowest BCUT2D eigenvalue weighted by molar-refractivity contribution is -0.134. The van der Waals surface area contributed by atoms with Crippen LogP contribution in [0.4, 0.5) is 0 Å². The summed E-state index contributed by atoms with van der Waals surface area (Å²) in [5, 5.41) is 9.42. The second-order valence-corrected chi connectivity index (χ2v) is 4.48. The molecule has 0 saturated carbocycles. The maximum Gasteiger partial charge on any atom is 0.300 e. The van der Waals surface area contributed by atoms with Crippen LogP contribution in [0.15, 0.2) is 54.6 Å². The molecule has 0 unspecified atom stereocenters. The van der Waals surface area contributed by atoms with Gasteiger partial charge in [-0.1, -0.05) is 65.1 Å². The van der Waals surface area contributed by atoms with E-state index in [2.05, 4.69) is 0 Å². The summed E-state index contributed by atoms with van der Waals surface area (Å²) in [4.78, 5) is 9.00. The average molecular weight is 320 g/mol. The van der Waals surface area contributed by atoms with Gasteiger partial charge in [0, 0.05) is 11.9 Å². The zero-order valence-corrected chi connectivity index (χ0v) is 12.5. The molecule has 0 bridgehead atoms. The van der Waals surface area contributed by atoms with Crippen LogP contribution < -0.4 is 0 Å². The summed E-state index contributed by atoms with van der Waals surface area (Å²) in [6.45, 7) is 1.08. The van der Waals surface area contributed by atoms with Crippen LogP contribution in [-0.2, 0) is 4.79 Å². The van der Waals surface area contributed by atoms with Crippen LogP contribution in [0.25, 0.3) is 0 Å². The van der Waals surface area contributed by atoms with Crippen molar-refractivity contribution in [1.29, 1.82) is 0 Å². The Balaban J connectivity index is 0.000000272. The van der Waals surface area contributed by atoms with Gasteiger partial charge in [0.15, 0.2) is 0 Å². The molecule has 0 radical (unpaired) electrons. The minimum Gasteiger partial charge on any atom is -0.481 e. The number of benzene rings is 2. The van der Waals surface area contributed by atoms with E-state index in [1.807, 2.05) is 42.5 Å². The zero-order chi connectivity index (χ0) is 14.7. The molecule has 102 valence electrons. The summed E-state index contributed by atoms with van der Waals surface area (Å²) < 4.78 is 0. The lowest BCUT2D eigenvalue weighted by Crippen LogP contribution is -1.78. The highest BCUT2D eigenvalue weighted by Crippen LogP contribution is 2.19. The summed E-state index contributed by atoms with van der Waals surface area (Å²) in [7, 11) is 0. The van der Waals surface area contributed by atoms with Crippen LogP contribution in [-0.4, -0.2) is 11.1 Å². The van der Waals surface area contributed by atoms with E-state index < -0.39 is 5.97 Å². The number of aliphatic carboxylic acids is 1. The fraction of sp³-hybridized carbons (Fsp3) is 0.0714. The first-order valence-electron chi connectivity index (χ1n) is 5.23. The SMILES string of the molecule is CC(=O)O.Clc1ccccc1.Clc1ccccc1Cl. The fourth-order valence-corrected chi connectivity index (χ4v) is 1.27. The summed E-state index contributed by atoms with van der Waals surface area (Å²) in [5.41, 5.74) is 0. The fourth-order valence-electron chi connectivity index (χ4n) is 0.854. The summed E-state index contributed by atoms with van der Waals surface area (Å²) in [5.74, 6) is -0.833. The van der Waals surface area contributed by atoms with E-state index >= 15 is 0 Å². The second-order valence-electron chi connectivity index (χ2n) is 3.23. The summed E-state index contributed by atoms with van der Waals surface area (Å²) >= 11 is 16.7. The Bertz CT molecular complexity index is 462. The maximum absolute atomic E-state index is 9.00. The van der Waals surface area contributed by atoms with Crippen LogP contribution in [0.5, 0.6) is 0 Å². The van der Waals surface area contributed by atoms with Gasteiger partial charge in [-0.3, -0.25) is 4.79 Å². The normalized spacial score (nSPS) is 8.42. The predicted molar refractivity (Wildman–Crippen MR) is 81.2 cm³/mol. The first kappa shape index (κ1) is 17.8. The monoisotopic (exact) mass is 318 g/mol. The van der Waals surface area contributed by atoms with Gasteiger partial charge in [-0.15, -0.1) is 0 Å². The first-order chi connectivity index (χ1) is 8.93. The highest BCUT2D eigenvalue weighted by atomic mass is 35.5. The Labute approximate surface area is 127 Å². The number of hydrogen-bond acceptors (Lipinski definition) is 1. The van der Waals surface area contributed by atoms with Gasteiger partial charge in [0.1, 0.15) is 0 Å². The number of carboxylic acid groups (broad SMARTS) is 1. The van der Waals surface area contributed by atoms with Crippen molar-refractivity contribution in [2.75, 3.05) is 0 Å². The maximum atomic E-state index is 9.00. The molecule has 5 heteroatoms. The molecular weight excluding hydrogens is 307 g/mol. The first-order valence-corrected chi connectivity index (χ1v) is 6.37. The molecule has 0 aliphatic carbocycles. The average Bonchev–Trinajstić information content (AvgIpc) is 2.34. The highest BCUT2D eigenvalue weighted by Gasteiger charge is 1.89. The van der Waals surface area contributed by atoms with Gasteiger partial charge in [-0.2, -0.15) is 0 Å². The van der Waals surface area contributed by atoms with Crippen molar-refractivity contribution in [3.63, 3.8) is 0 Å². The minimum absolute atomic E-state index is 0.606. The molecule has 0 amide bonds. The van der Waals surface area contributed by atoms with Crippen molar-refractivity contribution in [3.8, 4) is 0 Å². The van der Waals surface area contributed by atoms with E-state index in [9.17, 15) is 0 Å². The van der Waals surface area contributed by atoms with E-state index in [4.69, 9.17) is 44.7 Å². The van der Waals surface area contributed by atoms with Gasteiger partial charge in [0.05, 0.1) is 10.0 Å². The Morgan fingerprint density at radius 3 is 1.37 bits per heavy atom. The third kappa shape index (κ3) is 11.6. The topological polar surface area (TPSA) is 37.3 Å². The minimum atomic E-state index is -0.833. The third-order valence-electron chi connectivity index (χ3n) is 1.56. The zero-order valence-electron chi connectivity index (χ0n) is 10.2. The van der Waals surface area contributed by atoms with Gasteiger partial charge < -0.3 is 5.11 Å². The van der Waals surface area contributed by atoms with Crippen LogP contribution in [0, 0.1) is 0 Å². The molecule has 2 nitrogen and oxygen atoms in total. The molecule has 1 N–H and O–H groups in total. The smallest absolute Gasteiger partial charge is 0.300 e. The predicted octanol–water partition coefficient (Wildman–Crippen LogP) is 5.42. The van der Waals surface area contributed by atoms with Crippen molar-refractivity contribution in [3.05, 3.63) is 69.7 Å². The van der Waals surface area contributed by atoms with Crippen molar-refractivity contribution in [2.45, 2.75) is 6.92 Å². The number of carboxylic acids is 1. The van der Waals surface area contributed by atoms with E-state index in [0.717, 1.165) is 11.9 Å². The molecule has 0 heterocycles. The van der Waals surface area contributed by atoms with Gasteiger partial charge in [0.2, 0.25) is 0 Å². The standard InChI is InChI=1S/C6H4Cl2.C6H5Cl.C2H4O2/c7-5-3-1-2-4-6(5)8;7-6-4-2-1-3-5-6;1-2(3)4/h1-4H;1-5H;1H3,(H,3,4). The van der Waals surface area contributed by atoms with E-state index in [-0.39, 0.29) is 0 Å². The molecule has 19 heavy (non-hydrogen) atoms. The second kappa shape index (κ2) is 10.7. The molecule has 2 aromatic rings. The highest BCUT2D eigenvalue weighted by molar-refractivity contribution is 6.41. The van der Waals surface area contributed by atoms with Crippen molar-refractivity contribution in [2.24, 2.45) is 0 Å². The molecule has 0 saturated heterocycles. The van der Waals surface area contributed by atoms with Crippen LogP contribution >= 0.6 is 34.8 Å². The van der Waals surface area contributed by atoms with E-state index in [1.54, 1.807) is 12.1 Å². The quantitative estimate of drug-likeness (QED) is 0.703. The van der Waals surface area contributed by atoms with Gasteiger partial charge in [-0.05, 0) is 24.3 Å². The van der Waals surface area contributed by atoms with Crippen molar-refractivity contribution >= 4 is 40.8 Å². The van der Waals surface area contributed by atoms with Crippen molar-refractivity contribution < 1.29 is 9.90 Å². The lowest BCUT2D eigenvalue weighted by atomic mass is 10.4. The summed E-state index contributed by atoms with van der Waals surface area (Å²) in [6.07, 6.45) is 0. The Morgan fingerprint density at radius 2 is 1.16 bits per heavy atom. The Hall–Kier alpha value is -1.22. The van der Waals surface area contributed by atoms with E-state index in [0.29, 0.717) is 10.0 Å². The molecule has 2 aromatic carbocycles. The molecule has 0 spiro atoms. The van der Waals surface area contributed by atoms with Crippen LogP contribution in [0.1, 0.15) is 6.92 Å². The Morgan fingerprint density at radius 1 is 0.842 bits per heavy atom. The molecule has 2 rings (SSSR count). The Kier molecular flexibility index (Phi) is 9.99. The number of rotatable bonds is 0. The number of carbonyl (C=O) groups is 1. The van der Waals surface area contributed by atoms with E-state index in [1.165, 1.54) is 0 Å².